The van der Waals surface area contributed by atoms with Crippen LogP contribution in [0.15, 0.2) is 94.4 Å². The van der Waals surface area contributed by atoms with Crippen molar-refractivity contribution in [3.63, 3.8) is 0 Å². The summed E-state index contributed by atoms with van der Waals surface area (Å²) in [5, 5.41) is 0. The highest BCUT2D eigenvalue weighted by Gasteiger charge is 2.34. The second kappa shape index (κ2) is 16.8. The Bertz CT molecular complexity index is 2120. The highest BCUT2D eigenvalue weighted by Crippen LogP contribution is 2.36. The minimum absolute atomic E-state index is 0.148. The van der Waals surface area contributed by atoms with Crippen molar-refractivity contribution in [1.82, 2.24) is 4.57 Å². The third kappa shape index (κ3) is 8.36. The molecule has 0 aliphatic carbocycles. The van der Waals surface area contributed by atoms with Gasteiger partial charge in [-0.05, 0) is 115 Å². The molecule has 0 saturated carbocycles. The van der Waals surface area contributed by atoms with Crippen LogP contribution in [0.5, 0.6) is 17.2 Å². The van der Waals surface area contributed by atoms with E-state index < -0.39 is 18.0 Å². The zero-order valence-electron chi connectivity index (χ0n) is 28.2. The minimum Gasteiger partial charge on any atom is -0.490 e. The second-order valence-corrected chi connectivity index (χ2v) is 13.3. The van der Waals surface area contributed by atoms with Crippen LogP contribution in [0.25, 0.3) is 6.08 Å². The van der Waals surface area contributed by atoms with Gasteiger partial charge in [0, 0.05) is 3.57 Å². The van der Waals surface area contributed by atoms with Gasteiger partial charge >= 0.3 is 11.9 Å². The van der Waals surface area contributed by atoms with Gasteiger partial charge in [-0.25, -0.2) is 14.6 Å². The van der Waals surface area contributed by atoms with Crippen molar-refractivity contribution in [2.75, 3.05) is 26.9 Å². The molecule has 1 aliphatic heterocycles. The summed E-state index contributed by atoms with van der Waals surface area (Å²) in [4.78, 5) is 44.5. The number of carbonyl (C=O) groups is 2. The molecule has 5 rings (SSSR count). The highest BCUT2D eigenvalue weighted by atomic mass is 127. The number of ether oxygens (including phenoxy) is 5. The molecule has 12 heteroatoms. The molecule has 10 nitrogen and oxygen atoms in total. The number of thiazole rings is 1. The molecule has 0 radical (unpaired) electrons. The Hall–Kier alpha value is -4.69. The average Bonchev–Trinajstić information content (AvgIpc) is 3.41. The van der Waals surface area contributed by atoms with Crippen molar-refractivity contribution >= 4 is 51.9 Å². The van der Waals surface area contributed by atoms with Crippen LogP contribution in [0.1, 0.15) is 49.1 Å². The first-order chi connectivity index (χ1) is 24.2. The lowest BCUT2D eigenvalue weighted by Crippen LogP contribution is -2.40. The van der Waals surface area contributed by atoms with E-state index in [2.05, 4.69) is 34.2 Å². The first kappa shape index (κ1) is 36.6. The first-order valence-electron chi connectivity index (χ1n) is 15.9. The van der Waals surface area contributed by atoms with Crippen LogP contribution in [-0.4, -0.2) is 43.4 Å². The number of halogens is 1. The van der Waals surface area contributed by atoms with E-state index in [-0.39, 0.29) is 24.3 Å². The fourth-order valence-electron chi connectivity index (χ4n) is 5.42. The molecule has 0 spiro atoms. The van der Waals surface area contributed by atoms with E-state index in [1.165, 1.54) is 23.0 Å². The van der Waals surface area contributed by atoms with Crippen molar-refractivity contribution in [2.45, 2.75) is 39.8 Å². The molecule has 0 bridgehead atoms. The number of hydrogen-bond donors (Lipinski definition) is 0. The Morgan fingerprint density at radius 2 is 1.74 bits per heavy atom. The van der Waals surface area contributed by atoms with Gasteiger partial charge in [0.25, 0.3) is 5.56 Å². The average molecular weight is 809 g/mol. The molecule has 1 aliphatic rings. The standard InChI is InChI=1S/C38H37IN2O8S/c1-6-9-26-18-25(12-16-29(26)48-21-24-10-14-28(39)15-11-24)19-32-36(43)41-35(34(37(44)47-8-3)23(4)40-38(41)50-32)27-13-17-30(31(20-27)46-7-2)49-22-33(42)45-5/h6,10-20,35H,1,7-9,21-22H2,2-5H3/b32-19-/t35-/m1/s1. The van der Waals surface area contributed by atoms with E-state index in [1.807, 2.05) is 61.5 Å². The molecule has 2 heterocycles. The molecular weight excluding hydrogens is 771 g/mol. The minimum atomic E-state index is -0.866. The third-order valence-electron chi connectivity index (χ3n) is 7.73. The topological polar surface area (TPSA) is 115 Å². The summed E-state index contributed by atoms with van der Waals surface area (Å²) in [7, 11) is 1.27. The quantitative estimate of drug-likeness (QED) is 0.0912. The molecule has 260 valence electrons. The highest BCUT2D eigenvalue weighted by molar-refractivity contribution is 14.1. The van der Waals surface area contributed by atoms with Gasteiger partial charge in [0.1, 0.15) is 12.4 Å². The molecule has 50 heavy (non-hydrogen) atoms. The number of fused-ring (bicyclic) bond motifs is 1. The largest absolute Gasteiger partial charge is 0.490 e. The lowest BCUT2D eigenvalue weighted by Gasteiger charge is -2.25. The Morgan fingerprint density at radius 1 is 0.980 bits per heavy atom. The van der Waals surface area contributed by atoms with E-state index in [1.54, 1.807) is 32.0 Å². The van der Waals surface area contributed by atoms with Crippen molar-refractivity contribution in [3.05, 3.63) is 130 Å². The molecular formula is C38H37IN2O8S. The molecule has 0 unspecified atom stereocenters. The van der Waals surface area contributed by atoms with Gasteiger partial charge < -0.3 is 23.7 Å². The summed E-state index contributed by atoms with van der Waals surface area (Å²) in [5.41, 5.74) is 3.73. The Morgan fingerprint density at radius 3 is 2.44 bits per heavy atom. The molecule has 0 saturated heterocycles. The smallest absolute Gasteiger partial charge is 0.343 e. The van der Waals surface area contributed by atoms with Crippen LogP contribution in [0.3, 0.4) is 0 Å². The van der Waals surface area contributed by atoms with Crippen LogP contribution in [0.4, 0.5) is 0 Å². The number of rotatable bonds is 14. The summed E-state index contributed by atoms with van der Waals surface area (Å²) in [6.45, 7) is 9.74. The SMILES string of the molecule is C=CCc1cc(/C=c2\sc3n(c2=O)[C@H](c2ccc(OCC(=O)OC)c(OCC)c2)C(C(=O)OCC)=C(C)N=3)ccc1OCc1ccc(I)cc1. The van der Waals surface area contributed by atoms with Crippen LogP contribution in [0, 0.1) is 3.57 Å². The second-order valence-electron chi connectivity index (χ2n) is 11.1. The van der Waals surface area contributed by atoms with Gasteiger partial charge in [-0.1, -0.05) is 41.7 Å². The maximum atomic E-state index is 14.2. The lowest BCUT2D eigenvalue weighted by molar-refractivity contribution is -0.143. The Kier molecular flexibility index (Phi) is 12.3. The number of benzene rings is 3. The van der Waals surface area contributed by atoms with Gasteiger partial charge in [-0.15, -0.1) is 6.58 Å². The van der Waals surface area contributed by atoms with Crippen molar-refractivity contribution in [1.29, 1.82) is 0 Å². The molecule has 4 aromatic rings. The molecule has 1 atom stereocenters. The predicted octanol–water partition coefficient (Wildman–Crippen LogP) is 5.66. The van der Waals surface area contributed by atoms with Gasteiger partial charge in [0.05, 0.1) is 42.2 Å². The van der Waals surface area contributed by atoms with Crippen LogP contribution in [-0.2, 0) is 32.1 Å². The summed E-state index contributed by atoms with van der Waals surface area (Å²) in [6, 6.07) is 18.2. The molecule has 3 aromatic carbocycles. The van der Waals surface area contributed by atoms with Crippen LogP contribution < -0.4 is 29.1 Å². The van der Waals surface area contributed by atoms with Crippen molar-refractivity contribution in [2.24, 2.45) is 4.99 Å². The third-order valence-corrected chi connectivity index (χ3v) is 9.43. The summed E-state index contributed by atoms with van der Waals surface area (Å²) in [5.74, 6) is 0.265. The van der Waals surface area contributed by atoms with E-state index in [0.717, 1.165) is 26.0 Å². The fourth-order valence-corrected chi connectivity index (χ4v) is 6.83. The zero-order valence-corrected chi connectivity index (χ0v) is 31.2. The van der Waals surface area contributed by atoms with Gasteiger partial charge in [-0.2, -0.15) is 0 Å². The number of esters is 2. The number of hydrogen-bond acceptors (Lipinski definition) is 10. The lowest BCUT2D eigenvalue weighted by atomic mass is 9.95. The molecule has 0 amide bonds. The number of nitrogens with zero attached hydrogens (tertiary/aromatic N) is 2. The summed E-state index contributed by atoms with van der Waals surface area (Å²) < 4.78 is 30.9. The van der Waals surface area contributed by atoms with E-state index in [4.69, 9.17) is 23.7 Å². The normalized spacial score (nSPS) is 14.0. The van der Waals surface area contributed by atoms with E-state index in [9.17, 15) is 14.4 Å². The van der Waals surface area contributed by atoms with E-state index >= 15 is 0 Å². The number of allylic oxidation sites excluding steroid dienone is 2. The molecule has 0 N–H and O–H groups in total. The maximum Gasteiger partial charge on any atom is 0.343 e. The van der Waals surface area contributed by atoms with Crippen molar-refractivity contribution < 1.29 is 33.3 Å². The molecule has 1 aromatic heterocycles. The van der Waals surface area contributed by atoms with Gasteiger partial charge in [-0.3, -0.25) is 9.36 Å². The number of methoxy groups -OCH3 is 1. The Labute approximate surface area is 307 Å². The van der Waals surface area contributed by atoms with Gasteiger partial charge in [0.2, 0.25) is 0 Å². The summed E-state index contributed by atoms with van der Waals surface area (Å²) in [6.07, 6.45) is 4.20. The van der Waals surface area contributed by atoms with Crippen LogP contribution >= 0.6 is 33.9 Å². The van der Waals surface area contributed by atoms with Crippen LogP contribution in [0.2, 0.25) is 0 Å². The number of carbonyl (C=O) groups excluding carboxylic acids is 2. The zero-order chi connectivity index (χ0) is 35.8. The maximum absolute atomic E-state index is 14.2. The van der Waals surface area contributed by atoms with Gasteiger partial charge in [0.15, 0.2) is 22.9 Å². The fraction of sp³-hybridized carbons (Fsp3) is 0.263. The monoisotopic (exact) mass is 808 g/mol. The first-order valence-corrected chi connectivity index (χ1v) is 17.8. The molecule has 0 fully saturated rings. The van der Waals surface area contributed by atoms with Crippen molar-refractivity contribution in [3.8, 4) is 17.2 Å². The summed E-state index contributed by atoms with van der Waals surface area (Å²) >= 11 is 3.50. The number of aromatic nitrogens is 1. The Balaban J connectivity index is 1.57. The predicted molar refractivity (Wildman–Crippen MR) is 199 cm³/mol. The van der Waals surface area contributed by atoms with E-state index in [0.29, 0.717) is 51.7 Å².